The van der Waals surface area contributed by atoms with Crippen LogP contribution in [-0.2, 0) is 15.6 Å². The van der Waals surface area contributed by atoms with Crippen molar-refractivity contribution >= 4 is 21.6 Å². The molecule has 10 heteroatoms. The van der Waals surface area contributed by atoms with Crippen molar-refractivity contribution in [3.05, 3.63) is 60.4 Å². The van der Waals surface area contributed by atoms with Gasteiger partial charge in [0.15, 0.2) is 27.1 Å². The highest BCUT2D eigenvalue weighted by atomic mass is 32.2. The van der Waals surface area contributed by atoms with Crippen LogP contribution >= 0.6 is 11.8 Å². The van der Waals surface area contributed by atoms with E-state index >= 15 is 0 Å². The molecule has 0 atom stereocenters. The molecule has 166 valence electrons. The van der Waals surface area contributed by atoms with Gasteiger partial charge < -0.3 is 18.4 Å². The van der Waals surface area contributed by atoms with Crippen LogP contribution < -0.4 is 9.47 Å². The number of furan rings is 1. The quantitative estimate of drug-likeness (QED) is 0.337. The van der Waals surface area contributed by atoms with E-state index in [0.717, 1.165) is 10.5 Å². The molecule has 0 spiro atoms. The van der Waals surface area contributed by atoms with E-state index in [2.05, 4.69) is 10.1 Å². The van der Waals surface area contributed by atoms with Crippen molar-refractivity contribution in [1.29, 1.82) is 0 Å². The van der Waals surface area contributed by atoms with Gasteiger partial charge in [-0.2, -0.15) is 4.98 Å². The van der Waals surface area contributed by atoms with Gasteiger partial charge >= 0.3 is 0 Å². The van der Waals surface area contributed by atoms with Crippen LogP contribution in [0.5, 0.6) is 11.5 Å². The molecule has 0 aliphatic carbocycles. The molecule has 2 aromatic carbocycles. The molecular formula is C22H20N2O6S2. The molecule has 4 rings (SSSR count). The first-order valence-electron chi connectivity index (χ1n) is 9.45. The van der Waals surface area contributed by atoms with Gasteiger partial charge in [0, 0.05) is 16.5 Å². The minimum atomic E-state index is -3.68. The summed E-state index contributed by atoms with van der Waals surface area (Å²) in [5.41, 5.74) is 0.806. The summed E-state index contributed by atoms with van der Waals surface area (Å²) in [6.07, 6.45) is 2.00. The normalized spacial score (nSPS) is 11.5. The van der Waals surface area contributed by atoms with Gasteiger partial charge in [0.05, 0.1) is 19.1 Å². The lowest BCUT2D eigenvalue weighted by molar-refractivity contribution is 0.354. The van der Waals surface area contributed by atoms with Crippen molar-refractivity contribution in [3.8, 4) is 34.5 Å². The first-order valence-corrected chi connectivity index (χ1v) is 12.3. The fraction of sp³-hybridized carbons (Fsp3) is 0.182. The molecule has 0 saturated heterocycles. The van der Waals surface area contributed by atoms with Crippen molar-refractivity contribution in [2.24, 2.45) is 0 Å². The number of rotatable bonds is 8. The third-order valence-electron chi connectivity index (χ3n) is 4.69. The minimum Gasteiger partial charge on any atom is -0.493 e. The minimum absolute atomic E-state index is 0.0989. The standard InChI is InChI=1S/C22H20N2O6S2/c1-27-18-11-9-17(12-20(18)28-2)32(25,26)13-15-6-10-19(29-15)22-23-21(24-30-22)14-4-7-16(31-3)8-5-14/h4-12H,13H2,1-3H3. The highest BCUT2D eigenvalue weighted by Gasteiger charge is 2.21. The Bertz CT molecular complexity index is 1330. The number of sulfone groups is 1. The number of hydrogen-bond donors (Lipinski definition) is 0. The Morgan fingerprint density at radius 3 is 2.41 bits per heavy atom. The number of thioether (sulfide) groups is 1. The molecule has 32 heavy (non-hydrogen) atoms. The van der Waals surface area contributed by atoms with Crippen molar-refractivity contribution in [3.63, 3.8) is 0 Å². The number of benzene rings is 2. The van der Waals surface area contributed by atoms with E-state index < -0.39 is 9.84 Å². The van der Waals surface area contributed by atoms with Crippen LogP contribution in [0, 0.1) is 0 Å². The first-order chi connectivity index (χ1) is 15.4. The fourth-order valence-corrected chi connectivity index (χ4v) is 4.70. The number of methoxy groups -OCH3 is 2. The monoisotopic (exact) mass is 472 g/mol. The Morgan fingerprint density at radius 2 is 1.72 bits per heavy atom. The summed E-state index contributed by atoms with van der Waals surface area (Å²) in [6, 6.07) is 15.4. The van der Waals surface area contributed by atoms with Crippen LogP contribution in [-0.4, -0.2) is 39.0 Å². The van der Waals surface area contributed by atoms with Gasteiger partial charge in [0.1, 0.15) is 11.5 Å². The van der Waals surface area contributed by atoms with Gasteiger partial charge in [0.25, 0.3) is 5.89 Å². The molecule has 2 aromatic heterocycles. The van der Waals surface area contributed by atoms with Gasteiger partial charge in [-0.25, -0.2) is 8.42 Å². The predicted molar refractivity (Wildman–Crippen MR) is 120 cm³/mol. The summed E-state index contributed by atoms with van der Waals surface area (Å²) in [7, 11) is -0.750. The smallest absolute Gasteiger partial charge is 0.293 e. The second kappa shape index (κ2) is 9.09. The van der Waals surface area contributed by atoms with E-state index in [4.69, 9.17) is 18.4 Å². The molecule has 8 nitrogen and oxygen atoms in total. The largest absolute Gasteiger partial charge is 0.493 e. The van der Waals surface area contributed by atoms with Crippen LogP contribution in [0.25, 0.3) is 23.0 Å². The van der Waals surface area contributed by atoms with E-state index in [1.807, 2.05) is 30.5 Å². The third kappa shape index (κ3) is 4.51. The zero-order valence-corrected chi connectivity index (χ0v) is 19.2. The van der Waals surface area contributed by atoms with Crippen molar-refractivity contribution in [2.45, 2.75) is 15.5 Å². The average molecular weight is 473 g/mol. The van der Waals surface area contributed by atoms with Crippen molar-refractivity contribution < 1.29 is 26.8 Å². The topological polar surface area (TPSA) is 105 Å². The summed E-state index contributed by atoms with van der Waals surface area (Å²) in [5, 5.41) is 3.99. The van der Waals surface area contributed by atoms with Crippen LogP contribution in [0.15, 0.2) is 73.3 Å². The molecular weight excluding hydrogens is 452 g/mol. The Kier molecular flexibility index (Phi) is 6.24. The van der Waals surface area contributed by atoms with Crippen LogP contribution in [0.2, 0.25) is 0 Å². The lowest BCUT2D eigenvalue weighted by Gasteiger charge is -2.09. The van der Waals surface area contributed by atoms with Gasteiger partial charge in [0.2, 0.25) is 5.82 Å². The number of ether oxygens (including phenoxy) is 2. The van der Waals surface area contributed by atoms with E-state index in [9.17, 15) is 8.42 Å². The average Bonchev–Trinajstić information content (AvgIpc) is 3.48. The summed E-state index contributed by atoms with van der Waals surface area (Å²) in [5.74, 6) is 1.58. The van der Waals surface area contributed by atoms with Gasteiger partial charge in [-0.3, -0.25) is 0 Å². The predicted octanol–water partition coefficient (Wildman–Crippen LogP) is 4.71. The molecule has 0 radical (unpaired) electrons. The number of hydrogen-bond acceptors (Lipinski definition) is 9. The fourth-order valence-electron chi connectivity index (χ4n) is 3.03. The summed E-state index contributed by atoms with van der Waals surface area (Å²) in [6.45, 7) is 0. The second-order valence-corrected chi connectivity index (χ2v) is 9.56. The van der Waals surface area contributed by atoms with Gasteiger partial charge in [-0.05, 0) is 54.8 Å². The van der Waals surface area contributed by atoms with Gasteiger partial charge in [-0.1, -0.05) is 5.16 Å². The Labute approximate surface area is 189 Å². The maximum absolute atomic E-state index is 12.8. The molecule has 0 aliphatic rings. The maximum atomic E-state index is 12.8. The van der Waals surface area contributed by atoms with Crippen molar-refractivity contribution in [1.82, 2.24) is 10.1 Å². The Balaban J connectivity index is 1.53. The molecule has 0 saturated carbocycles. The SMILES string of the molecule is COc1ccc(S(=O)(=O)Cc2ccc(-c3nc(-c4ccc(SC)cc4)no3)o2)cc1OC. The maximum Gasteiger partial charge on any atom is 0.293 e. The van der Waals surface area contributed by atoms with E-state index in [1.54, 1.807) is 30.0 Å². The number of aromatic nitrogens is 2. The zero-order valence-electron chi connectivity index (χ0n) is 17.6. The molecule has 0 amide bonds. The molecule has 4 aromatic rings. The van der Waals surface area contributed by atoms with Crippen LogP contribution in [0.3, 0.4) is 0 Å². The van der Waals surface area contributed by atoms with Crippen LogP contribution in [0.4, 0.5) is 0 Å². The Hall–Kier alpha value is -3.24. The van der Waals surface area contributed by atoms with Gasteiger partial charge in [-0.15, -0.1) is 11.8 Å². The van der Waals surface area contributed by atoms with Crippen molar-refractivity contribution in [2.75, 3.05) is 20.5 Å². The molecule has 2 heterocycles. The first kappa shape index (κ1) is 22.0. The summed E-state index contributed by atoms with van der Waals surface area (Å²) >= 11 is 1.64. The molecule has 0 unspecified atom stereocenters. The molecule has 0 fully saturated rings. The highest BCUT2D eigenvalue weighted by molar-refractivity contribution is 7.98. The lowest BCUT2D eigenvalue weighted by Crippen LogP contribution is -2.05. The third-order valence-corrected chi connectivity index (χ3v) is 7.07. The Morgan fingerprint density at radius 1 is 0.969 bits per heavy atom. The molecule has 0 N–H and O–H groups in total. The van der Waals surface area contributed by atoms with E-state index in [-0.39, 0.29) is 22.3 Å². The molecule has 0 aliphatic heterocycles. The number of nitrogens with zero attached hydrogens (tertiary/aromatic N) is 2. The van der Waals surface area contributed by atoms with Crippen LogP contribution in [0.1, 0.15) is 5.76 Å². The van der Waals surface area contributed by atoms with E-state index in [0.29, 0.717) is 23.1 Å². The summed E-state index contributed by atoms with van der Waals surface area (Å²) < 4.78 is 47.0. The van der Waals surface area contributed by atoms with E-state index in [1.165, 1.54) is 26.4 Å². The lowest BCUT2D eigenvalue weighted by atomic mass is 10.2. The second-order valence-electron chi connectivity index (χ2n) is 6.69. The highest BCUT2D eigenvalue weighted by Crippen LogP contribution is 2.31. The summed E-state index contributed by atoms with van der Waals surface area (Å²) in [4.78, 5) is 5.59. The zero-order chi connectivity index (χ0) is 22.7. The molecule has 0 bridgehead atoms.